The Kier molecular flexibility index (Phi) is 2.82. The molecule has 88 valence electrons. The second kappa shape index (κ2) is 4.29. The number of aromatic nitrogens is 1. The number of methoxy groups -OCH3 is 1. The molecule has 0 radical (unpaired) electrons. The molecule has 0 saturated heterocycles. The van der Waals surface area contributed by atoms with Crippen LogP contribution in [0.2, 0.25) is 0 Å². The maximum absolute atomic E-state index is 11.8. The van der Waals surface area contributed by atoms with E-state index in [9.17, 15) is 9.59 Å². The average Bonchev–Trinajstić information content (AvgIpc) is 2.28. The van der Waals surface area contributed by atoms with Gasteiger partial charge < -0.3 is 15.5 Å². The molecule has 0 atom stereocenters. The molecule has 3 N–H and O–H groups in total. The Labute approximate surface area is 97.2 Å². The van der Waals surface area contributed by atoms with Crippen molar-refractivity contribution in [3.63, 3.8) is 0 Å². The highest BCUT2D eigenvalue weighted by Gasteiger charge is 2.05. The smallest absolute Gasteiger partial charge is 0.223 e. The molecule has 5 nitrogen and oxygen atoms in total. The first-order valence-corrected chi connectivity index (χ1v) is 5.08. The quantitative estimate of drug-likeness (QED) is 0.811. The van der Waals surface area contributed by atoms with Crippen molar-refractivity contribution >= 4 is 16.8 Å². The largest absolute Gasteiger partial charge is 0.497 e. The van der Waals surface area contributed by atoms with E-state index in [1.54, 1.807) is 18.2 Å². The molecular formula is C12H12N2O3. The highest BCUT2D eigenvalue weighted by Crippen LogP contribution is 2.16. The Morgan fingerprint density at radius 3 is 2.82 bits per heavy atom. The van der Waals surface area contributed by atoms with Gasteiger partial charge in [-0.3, -0.25) is 9.59 Å². The van der Waals surface area contributed by atoms with Crippen molar-refractivity contribution in [1.29, 1.82) is 0 Å². The number of carbonyl (C=O) groups excluding carboxylic acids is 1. The minimum absolute atomic E-state index is 0.0250. The van der Waals surface area contributed by atoms with Crippen molar-refractivity contribution < 1.29 is 9.53 Å². The molecule has 5 heteroatoms. The van der Waals surface area contributed by atoms with Crippen molar-refractivity contribution in [2.45, 2.75) is 6.42 Å². The Morgan fingerprint density at radius 1 is 1.41 bits per heavy atom. The summed E-state index contributed by atoms with van der Waals surface area (Å²) < 4.78 is 5.05. The fraction of sp³-hybridized carbons (Fsp3) is 0.167. The Bertz CT molecular complexity index is 631. The fourth-order valence-corrected chi connectivity index (χ4v) is 1.69. The number of hydrogen-bond donors (Lipinski definition) is 2. The Hall–Kier alpha value is -2.30. The lowest BCUT2D eigenvalue weighted by molar-refractivity contribution is -0.117. The summed E-state index contributed by atoms with van der Waals surface area (Å²) in [4.78, 5) is 25.6. The van der Waals surface area contributed by atoms with Crippen molar-refractivity contribution in [2.24, 2.45) is 5.73 Å². The lowest BCUT2D eigenvalue weighted by Crippen LogP contribution is -2.16. The second-order valence-corrected chi connectivity index (χ2v) is 3.71. The van der Waals surface area contributed by atoms with Crippen molar-refractivity contribution in [1.82, 2.24) is 4.98 Å². The highest BCUT2D eigenvalue weighted by atomic mass is 16.5. The van der Waals surface area contributed by atoms with Gasteiger partial charge in [0, 0.05) is 22.7 Å². The van der Waals surface area contributed by atoms with Crippen LogP contribution in [0.3, 0.4) is 0 Å². The maximum atomic E-state index is 11.8. The van der Waals surface area contributed by atoms with E-state index in [1.807, 2.05) is 0 Å². The number of hydrogen-bond acceptors (Lipinski definition) is 3. The van der Waals surface area contributed by atoms with Gasteiger partial charge in [0.05, 0.1) is 13.5 Å². The van der Waals surface area contributed by atoms with E-state index in [2.05, 4.69) is 4.98 Å². The predicted octanol–water partition coefficient (Wildman–Crippen LogP) is 0.565. The van der Waals surface area contributed by atoms with Gasteiger partial charge in [-0.2, -0.15) is 0 Å². The number of rotatable bonds is 3. The minimum Gasteiger partial charge on any atom is -0.497 e. The molecule has 1 aromatic heterocycles. The third-order valence-corrected chi connectivity index (χ3v) is 2.46. The van der Waals surface area contributed by atoms with Gasteiger partial charge in [0.15, 0.2) is 5.43 Å². The zero-order chi connectivity index (χ0) is 12.4. The predicted molar refractivity (Wildman–Crippen MR) is 64.0 cm³/mol. The van der Waals surface area contributed by atoms with Gasteiger partial charge in [0.1, 0.15) is 5.75 Å². The number of nitrogens with two attached hydrogens (primary N) is 1. The zero-order valence-corrected chi connectivity index (χ0v) is 9.32. The molecule has 0 fully saturated rings. The first-order valence-electron chi connectivity index (χ1n) is 5.08. The molecule has 0 aliphatic rings. The first-order chi connectivity index (χ1) is 8.10. The molecule has 1 aromatic carbocycles. The summed E-state index contributed by atoms with van der Waals surface area (Å²) in [5.74, 6) is 0.138. The summed E-state index contributed by atoms with van der Waals surface area (Å²) in [6.45, 7) is 0. The number of ether oxygens (including phenoxy) is 1. The van der Waals surface area contributed by atoms with Gasteiger partial charge >= 0.3 is 0 Å². The molecule has 0 spiro atoms. The number of fused-ring (bicyclic) bond motifs is 1. The Balaban J connectivity index is 2.59. The molecule has 2 rings (SSSR count). The van der Waals surface area contributed by atoms with Crippen LogP contribution in [0, 0.1) is 0 Å². The molecule has 17 heavy (non-hydrogen) atoms. The van der Waals surface area contributed by atoms with E-state index >= 15 is 0 Å². The van der Waals surface area contributed by atoms with E-state index in [-0.39, 0.29) is 11.8 Å². The molecule has 0 aliphatic carbocycles. The molecule has 0 saturated carbocycles. The number of carbonyl (C=O) groups is 1. The van der Waals surface area contributed by atoms with Gasteiger partial charge in [0.2, 0.25) is 5.91 Å². The van der Waals surface area contributed by atoms with Crippen LogP contribution in [0.5, 0.6) is 5.75 Å². The van der Waals surface area contributed by atoms with E-state index in [0.717, 1.165) is 0 Å². The van der Waals surface area contributed by atoms with Gasteiger partial charge in [-0.15, -0.1) is 0 Å². The summed E-state index contributed by atoms with van der Waals surface area (Å²) in [7, 11) is 1.54. The molecule has 0 bridgehead atoms. The molecule has 0 aliphatic heterocycles. The van der Waals surface area contributed by atoms with Crippen LogP contribution >= 0.6 is 0 Å². The molecule has 1 amide bonds. The highest BCUT2D eigenvalue weighted by molar-refractivity contribution is 5.81. The standard InChI is InChI=1S/C12H12N2O3/c1-17-8-2-3-10-9(6-8)11(15)4-7(14-10)5-12(13)16/h2-4,6H,5H2,1H3,(H2,13,16)(H,14,15). The zero-order valence-electron chi connectivity index (χ0n) is 9.32. The number of H-pyrrole nitrogens is 1. The summed E-state index contributed by atoms with van der Waals surface area (Å²) >= 11 is 0. The fourth-order valence-electron chi connectivity index (χ4n) is 1.69. The number of aromatic amines is 1. The van der Waals surface area contributed by atoms with Gasteiger partial charge in [0.25, 0.3) is 0 Å². The minimum atomic E-state index is -0.478. The topological polar surface area (TPSA) is 85.2 Å². The SMILES string of the molecule is COc1ccc2[nH]c(CC(N)=O)cc(=O)c2c1. The molecule has 0 unspecified atom stereocenters. The van der Waals surface area contributed by atoms with Gasteiger partial charge in [-0.1, -0.05) is 0 Å². The van der Waals surface area contributed by atoms with E-state index < -0.39 is 5.91 Å². The van der Waals surface area contributed by atoms with Crippen LogP contribution in [0.4, 0.5) is 0 Å². The van der Waals surface area contributed by atoms with Crippen LogP contribution in [0.1, 0.15) is 5.69 Å². The van der Waals surface area contributed by atoms with E-state index in [1.165, 1.54) is 13.2 Å². The molecular weight excluding hydrogens is 220 g/mol. The van der Waals surface area contributed by atoms with Crippen molar-refractivity contribution in [3.05, 3.63) is 40.2 Å². The number of pyridine rings is 1. The third-order valence-electron chi connectivity index (χ3n) is 2.46. The number of primary amides is 1. The second-order valence-electron chi connectivity index (χ2n) is 3.71. The summed E-state index contributed by atoms with van der Waals surface area (Å²) in [6.07, 6.45) is 0.0250. The van der Waals surface area contributed by atoms with Gasteiger partial charge in [-0.05, 0) is 18.2 Å². The lowest BCUT2D eigenvalue weighted by Gasteiger charge is -2.04. The number of amides is 1. The first kappa shape index (κ1) is 11.2. The lowest BCUT2D eigenvalue weighted by atomic mass is 10.1. The number of nitrogens with one attached hydrogen (secondary N) is 1. The van der Waals surface area contributed by atoms with E-state index in [4.69, 9.17) is 10.5 Å². The van der Waals surface area contributed by atoms with Gasteiger partial charge in [-0.25, -0.2) is 0 Å². The molecule has 2 aromatic rings. The average molecular weight is 232 g/mol. The maximum Gasteiger partial charge on any atom is 0.223 e. The van der Waals surface area contributed by atoms with Crippen molar-refractivity contribution in [3.8, 4) is 5.75 Å². The normalized spacial score (nSPS) is 10.4. The summed E-state index contributed by atoms with van der Waals surface area (Å²) in [6, 6.07) is 6.52. The van der Waals surface area contributed by atoms with Crippen LogP contribution in [0.15, 0.2) is 29.1 Å². The van der Waals surface area contributed by atoms with E-state index in [0.29, 0.717) is 22.3 Å². The van der Waals surface area contributed by atoms with Crippen LogP contribution in [0.25, 0.3) is 10.9 Å². The van der Waals surface area contributed by atoms with Crippen molar-refractivity contribution in [2.75, 3.05) is 7.11 Å². The van der Waals surface area contributed by atoms with Crippen LogP contribution < -0.4 is 15.9 Å². The molecule has 1 heterocycles. The summed E-state index contributed by atoms with van der Waals surface area (Å²) in [5.41, 5.74) is 6.10. The van der Waals surface area contributed by atoms with Crippen LogP contribution in [-0.2, 0) is 11.2 Å². The van der Waals surface area contributed by atoms with Crippen LogP contribution in [-0.4, -0.2) is 18.0 Å². The number of benzene rings is 1. The summed E-state index contributed by atoms with van der Waals surface area (Å²) in [5, 5.41) is 0.526. The Morgan fingerprint density at radius 2 is 2.18 bits per heavy atom. The third kappa shape index (κ3) is 2.28. The monoisotopic (exact) mass is 232 g/mol.